The average molecular weight is 332 g/mol. The third-order valence-electron chi connectivity index (χ3n) is 3.37. The molecule has 0 radical (unpaired) electrons. The van der Waals surface area contributed by atoms with E-state index in [2.05, 4.69) is 39.9 Å². The molecular formula is C14H19BrFNS. The Labute approximate surface area is 121 Å². The van der Waals surface area contributed by atoms with E-state index in [-0.39, 0.29) is 5.82 Å². The highest BCUT2D eigenvalue weighted by Crippen LogP contribution is 2.29. The SMILES string of the molecule is CCSC1CCC(NCc2ccc(Br)c(F)c2)C1. The van der Waals surface area contributed by atoms with Gasteiger partial charge in [0.15, 0.2) is 0 Å². The topological polar surface area (TPSA) is 12.0 Å². The van der Waals surface area contributed by atoms with Gasteiger partial charge in [-0.1, -0.05) is 13.0 Å². The molecule has 1 aromatic rings. The van der Waals surface area contributed by atoms with Gasteiger partial charge in [0.05, 0.1) is 4.47 Å². The monoisotopic (exact) mass is 331 g/mol. The standard InChI is InChI=1S/C14H19BrFNS/c1-2-18-12-5-4-11(8-12)17-9-10-3-6-13(15)14(16)7-10/h3,6-7,11-12,17H,2,4-5,8-9H2,1H3. The molecule has 2 atom stereocenters. The quantitative estimate of drug-likeness (QED) is 0.860. The predicted molar refractivity (Wildman–Crippen MR) is 80.5 cm³/mol. The van der Waals surface area contributed by atoms with Crippen LogP contribution < -0.4 is 5.32 Å². The molecule has 1 aromatic carbocycles. The Kier molecular flexibility index (Phi) is 5.52. The van der Waals surface area contributed by atoms with Crippen molar-refractivity contribution in [1.82, 2.24) is 5.32 Å². The normalized spacial score (nSPS) is 23.5. The van der Waals surface area contributed by atoms with E-state index in [1.165, 1.54) is 25.0 Å². The van der Waals surface area contributed by atoms with E-state index < -0.39 is 0 Å². The molecule has 0 heterocycles. The molecule has 0 spiro atoms. The summed E-state index contributed by atoms with van der Waals surface area (Å²) in [5.74, 6) is 1.02. The van der Waals surface area contributed by atoms with Crippen molar-refractivity contribution in [1.29, 1.82) is 0 Å². The molecule has 1 N–H and O–H groups in total. The van der Waals surface area contributed by atoms with Gasteiger partial charge in [-0.05, 0) is 58.6 Å². The summed E-state index contributed by atoms with van der Waals surface area (Å²) in [6, 6.07) is 5.94. The maximum absolute atomic E-state index is 13.4. The lowest BCUT2D eigenvalue weighted by atomic mass is 10.2. The van der Waals surface area contributed by atoms with Crippen molar-refractivity contribution < 1.29 is 4.39 Å². The molecule has 2 unspecified atom stereocenters. The summed E-state index contributed by atoms with van der Waals surface area (Å²) in [6.07, 6.45) is 3.80. The Bertz CT molecular complexity index is 399. The maximum atomic E-state index is 13.4. The third-order valence-corrected chi connectivity index (χ3v) is 5.24. The van der Waals surface area contributed by atoms with E-state index in [0.29, 0.717) is 10.5 Å². The number of hydrogen-bond donors (Lipinski definition) is 1. The number of hydrogen-bond acceptors (Lipinski definition) is 2. The fourth-order valence-corrected chi connectivity index (χ4v) is 3.81. The molecule has 0 aromatic heterocycles. The van der Waals surface area contributed by atoms with Crippen LogP contribution in [0.15, 0.2) is 22.7 Å². The summed E-state index contributed by atoms with van der Waals surface area (Å²) in [5.41, 5.74) is 1.02. The van der Waals surface area contributed by atoms with Gasteiger partial charge in [0.1, 0.15) is 5.82 Å². The molecular weight excluding hydrogens is 313 g/mol. The van der Waals surface area contributed by atoms with Crippen LogP contribution in [0.25, 0.3) is 0 Å². The van der Waals surface area contributed by atoms with Crippen LogP contribution in [0.4, 0.5) is 4.39 Å². The lowest BCUT2D eigenvalue weighted by Crippen LogP contribution is -2.26. The second-order valence-corrected chi connectivity index (χ2v) is 7.15. The van der Waals surface area contributed by atoms with Crippen LogP contribution in [0, 0.1) is 5.82 Å². The van der Waals surface area contributed by atoms with Gasteiger partial charge in [-0.2, -0.15) is 11.8 Å². The highest BCUT2D eigenvalue weighted by molar-refractivity contribution is 9.10. The van der Waals surface area contributed by atoms with Gasteiger partial charge in [-0.25, -0.2) is 4.39 Å². The van der Waals surface area contributed by atoms with E-state index in [4.69, 9.17) is 0 Å². The van der Waals surface area contributed by atoms with Crippen molar-refractivity contribution in [2.75, 3.05) is 5.75 Å². The van der Waals surface area contributed by atoms with Crippen LogP contribution in [0.1, 0.15) is 31.7 Å². The van der Waals surface area contributed by atoms with Crippen molar-refractivity contribution in [3.05, 3.63) is 34.1 Å². The molecule has 0 aliphatic heterocycles. The van der Waals surface area contributed by atoms with Crippen molar-refractivity contribution in [2.24, 2.45) is 0 Å². The zero-order chi connectivity index (χ0) is 13.0. The molecule has 1 nitrogen and oxygen atoms in total. The molecule has 1 fully saturated rings. The van der Waals surface area contributed by atoms with E-state index in [9.17, 15) is 4.39 Å². The van der Waals surface area contributed by atoms with Gasteiger partial charge < -0.3 is 5.32 Å². The Hall–Kier alpha value is -0.0600. The van der Waals surface area contributed by atoms with Gasteiger partial charge in [-0.3, -0.25) is 0 Å². The number of benzene rings is 1. The van der Waals surface area contributed by atoms with E-state index >= 15 is 0 Å². The average Bonchev–Trinajstić information content (AvgIpc) is 2.79. The second kappa shape index (κ2) is 6.92. The largest absolute Gasteiger partial charge is 0.310 e. The Morgan fingerprint density at radius 2 is 2.28 bits per heavy atom. The Morgan fingerprint density at radius 1 is 1.44 bits per heavy atom. The van der Waals surface area contributed by atoms with Crippen LogP contribution in [-0.4, -0.2) is 17.0 Å². The molecule has 1 saturated carbocycles. The molecule has 0 amide bonds. The molecule has 0 saturated heterocycles. The number of nitrogens with one attached hydrogen (secondary N) is 1. The summed E-state index contributed by atoms with van der Waals surface area (Å²) in [4.78, 5) is 0. The first-order valence-corrected chi connectivity index (χ1v) is 8.32. The van der Waals surface area contributed by atoms with Crippen molar-refractivity contribution >= 4 is 27.7 Å². The zero-order valence-electron chi connectivity index (χ0n) is 10.6. The third kappa shape index (κ3) is 3.97. The summed E-state index contributed by atoms with van der Waals surface area (Å²) < 4.78 is 13.9. The molecule has 18 heavy (non-hydrogen) atoms. The van der Waals surface area contributed by atoms with Crippen LogP contribution in [0.2, 0.25) is 0 Å². The van der Waals surface area contributed by atoms with Gasteiger partial charge in [0.2, 0.25) is 0 Å². The minimum absolute atomic E-state index is 0.180. The first kappa shape index (κ1) is 14.4. The first-order valence-electron chi connectivity index (χ1n) is 6.48. The van der Waals surface area contributed by atoms with Crippen LogP contribution >= 0.6 is 27.7 Å². The molecule has 100 valence electrons. The second-order valence-electron chi connectivity index (χ2n) is 4.72. The Balaban J connectivity index is 1.80. The van der Waals surface area contributed by atoms with E-state index in [0.717, 1.165) is 17.4 Å². The van der Waals surface area contributed by atoms with E-state index in [1.54, 1.807) is 12.1 Å². The highest BCUT2D eigenvalue weighted by atomic mass is 79.9. The smallest absolute Gasteiger partial charge is 0.137 e. The summed E-state index contributed by atoms with van der Waals surface area (Å²) >= 11 is 5.24. The van der Waals surface area contributed by atoms with E-state index in [1.807, 2.05) is 6.07 Å². The van der Waals surface area contributed by atoms with Crippen molar-refractivity contribution in [3.63, 3.8) is 0 Å². The van der Waals surface area contributed by atoms with Crippen molar-refractivity contribution in [2.45, 2.75) is 44.0 Å². The van der Waals surface area contributed by atoms with Crippen LogP contribution in [0.3, 0.4) is 0 Å². The van der Waals surface area contributed by atoms with Gasteiger partial charge in [0.25, 0.3) is 0 Å². The molecule has 0 bridgehead atoms. The van der Waals surface area contributed by atoms with Gasteiger partial charge in [-0.15, -0.1) is 0 Å². The molecule has 2 rings (SSSR count). The molecule has 1 aliphatic carbocycles. The highest BCUT2D eigenvalue weighted by Gasteiger charge is 2.23. The summed E-state index contributed by atoms with van der Waals surface area (Å²) in [5, 5.41) is 4.35. The van der Waals surface area contributed by atoms with Crippen LogP contribution in [-0.2, 0) is 6.54 Å². The maximum Gasteiger partial charge on any atom is 0.137 e. The molecule has 1 aliphatic rings. The number of rotatable bonds is 5. The van der Waals surface area contributed by atoms with Gasteiger partial charge in [0, 0.05) is 17.8 Å². The predicted octanol–water partition coefficient (Wildman–Crippen LogP) is 4.35. The molecule has 4 heteroatoms. The fraction of sp³-hybridized carbons (Fsp3) is 0.571. The summed E-state index contributed by atoms with van der Waals surface area (Å²) in [6.45, 7) is 2.98. The minimum Gasteiger partial charge on any atom is -0.310 e. The van der Waals surface area contributed by atoms with Crippen LogP contribution in [0.5, 0.6) is 0 Å². The first-order chi connectivity index (χ1) is 8.69. The number of halogens is 2. The summed E-state index contributed by atoms with van der Waals surface area (Å²) in [7, 11) is 0. The van der Waals surface area contributed by atoms with Crippen molar-refractivity contribution in [3.8, 4) is 0 Å². The lowest BCUT2D eigenvalue weighted by Gasteiger charge is -2.13. The van der Waals surface area contributed by atoms with Gasteiger partial charge >= 0.3 is 0 Å². The zero-order valence-corrected chi connectivity index (χ0v) is 13.0. The minimum atomic E-state index is -0.180. The number of thioether (sulfide) groups is 1. The fourth-order valence-electron chi connectivity index (χ4n) is 2.42. The lowest BCUT2D eigenvalue weighted by molar-refractivity contribution is 0.523. The Morgan fingerprint density at radius 3 is 3.00 bits per heavy atom.